The van der Waals surface area contributed by atoms with Gasteiger partial charge in [0.2, 0.25) is 17.7 Å². The third-order valence-corrected chi connectivity index (χ3v) is 7.79. The Hall–Kier alpha value is -4.97. The van der Waals surface area contributed by atoms with Gasteiger partial charge >= 0.3 is 12.2 Å². The van der Waals surface area contributed by atoms with Crippen LogP contribution >= 0.6 is 11.6 Å². The molecule has 43 heavy (non-hydrogen) atoms. The van der Waals surface area contributed by atoms with Crippen LogP contribution in [0.3, 0.4) is 0 Å². The lowest BCUT2D eigenvalue weighted by Gasteiger charge is -2.36. The molecule has 3 heterocycles. The van der Waals surface area contributed by atoms with Gasteiger partial charge in [-0.2, -0.15) is 0 Å². The summed E-state index contributed by atoms with van der Waals surface area (Å²) in [5.74, 6) is -1.64. The summed E-state index contributed by atoms with van der Waals surface area (Å²) >= 11 is 6.08. The van der Waals surface area contributed by atoms with E-state index < -0.39 is 29.5 Å². The second-order valence-electron chi connectivity index (χ2n) is 10.2. The minimum atomic E-state index is -1.40. The van der Waals surface area contributed by atoms with Crippen LogP contribution in [0.25, 0.3) is 11.5 Å². The zero-order chi connectivity index (χ0) is 30.1. The first-order valence-corrected chi connectivity index (χ1v) is 13.7. The van der Waals surface area contributed by atoms with Gasteiger partial charge in [0.1, 0.15) is 5.92 Å². The summed E-state index contributed by atoms with van der Waals surface area (Å²) < 4.78 is 31.6. The minimum absolute atomic E-state index is 0.0789. The van der Waals surface area contributed by atoms with Crippen molar-refractivity contribution in [2.45, 2.75) is 24.4 Å². The molecule has 1 fully saturated rings. The van der Waals surface area contributed by atoms with Crippen LogP contribution in [-0.4, -0.2) is 53.4 Å². The fourth-order valence-electron chi connectivity index (χ4n) is 5.43. The highest BCUT2D eigenvalue weighted by atomic mass is 35.5. The standard InChI is InChI=1S/C30H25ClFN5O6/c1-41-28(39)33-19-9-7-18(8-10-19)25-35-36-26(42-25)20(15-17-5-3-2-4-6-17)27(38)37-14-13-30(16-37)23-22(34-29(40)43-30)12-11-21(31)24(23)32/h2-12,20H,13-16H2,1H3,(H,33,39)(H,34,40). The summed E-state index contributed by atoms with van der Waals surface area (Å²) in [6.45, 7) is 0.114. The second kappa shape index (κ2) is 11.4. The summed E-state index contributed by atoms with van der Waals surface area (Å²) in [5.41, 5.74) is 0.908. The second-order valence-corrected chi connectivity index (χ2v) is 10.6. The number of ether oxygens (including phenoxy) is 2. The number of rotatable bonds is 6. The third kappa shape index (κ3) is 5.48. The van der Waals surface area contributed by atoms with E-state index in [-0.39, 0.29) is 59.9 Å². The highest BCUT2D eigenvalue weighted by Crippen LogP contribution is 2.46. The lowest BCUT2D eigenvalue weighted by molar-refractivity contribution is -0.133. The number of benzene rings is 3. The van der Waals surface area contributed by atoms with Crippen molar-refractivity contribution >= 4 is 41.1 Å². The molecule has 2 N–H and O–H groups in total. The summed E-state index contributed by atoms with van der Waals surface area (Å²) in [7, 11) is 1.27. The van der Waals surface area contributed by atoms with Crippen LogP contribution in [0.2, 0.25) is 5.02 Å². The number of aromatic nitrogens is 2. The molecule has 2 atom stereocenters. The van der Waals surface area contributed by atoms with Crippen molar-refractivity contribution in [3.8, 4) is 11.5 Å². The highest BCUT2D eigenvalue weighted by Gasteiger charge is 2.51. The van der Waals surface area contributed by atoms with E-state index in [2.05, 4.69) is 25.6 Å². The van der Waals surface area contributed by atoms with Crippen LogP contribution in [0.1, 0.15) is 29.4 Å². The Kier molecular flexibility index (Phi) is 7.45. The zero-order valence-electron chi connectivity index (χ0n) is 22.8. The number of carbonyl (C=O) groups is 3. The van der Waals surface area contributed by atoms with Gasteiger partial charge in [-0.15, -0.1) is 10.2 Å². The number of anilines is 2. The first kappa shape index (κ1) is 28.2. The molecule has 0 saturated carbocycles. The molecule has 0 aliphatic carbocycles. The van der Waals surface area contributed by atoms with E-state index >= 15 is 4.39 Å². The molecule has 2 aliphatic rings. The number of nitrogens with zero attached hydrogens (tertiary/aromatic N) is 3. The van der Waals surface area contributed by atoms with Gasteiger partial charge < -0.3 is 18.8 Å². The van der Waals surface area contributed by atoms with Crippen LogP contribution in [0.5, 0.6) is 0 Å². The molecule has 1 aromatic heterocycles. The van der Waals surface area contributed by atoms with Gasteiger partial charge in [-0.3, -0.25) is 15.4 Å². The lowest BCUT2D eigenvalue weighted by atomic mass is 9.89. The van der Waals surface area contributed by atoms with Crippen LogP contribution in [0.4, 0.5) is 25.4 Å². The molecule has 220 valence electrons. The van der Waals surface area contributed by atoms with Crippen LogP contribution in [-0.2, 0) is 26.3 Å². The number of hydrogen-bond acceptors (Lipinski definition) is 8. The van der Waals surface area contributed by atoms with Crippen LogP contribution < -0.4 is 10.6 Å². The van der Waals surface area contributed by atoms with Gasteiger partial charge in [-0.05, 0) is 48.4 Å². The van der Waals surface area contributed by atoms with Crippen molar-refractivity contribution < 1.29 is 32.7 Å². The molecule has 3 aromatic carbocycles. The highest BCUT2D eigenvalue weighted by molar-refractivity contribution is 6.31. The fraction of sp³-hybridized carbons (Fsp3) is 0.233. The maximum absolute atomic E-state index is 15.3. The van der Waals surface area contributed by atoms with Gasteiger partial charge in [0.15, 0.2) is 11.4 Å². The molecule has 6 rings (SSSR count). The van der Waals surface area contributed by atoms with Crippen LogP contribution in [0, 0.1) is 5.82 Å². The molecule has 4 aromatic rings. The smallest absolute Gasteiger partial charge is 0.412 e. The zero-order valence-corrected chi connectivity index (χ0v) is 23.6. The maximum atomic E-state index is 15.3. The Labute approximate surface area is 249 Å². The molecule has 1 saturated heterocycles. The average Bonchev–Trinajstić information content (AvgIpc) is 3.66. The first-order chi connectivity index (χ1) is 20.8. The molecular weight excluding hydrogens is 581 g/mol. The third-order valence-electron chi connectivity index (χ3n) is 7.50. The summed E-state index contributed by atoms with van der Waals surface area (Å²) in [4.78, 5) is 39.5. The molecule has 0 radical (unpaired) electrons. The Morgan fingerprint density at radius 1 is 1.14 bits per heavy atom. The van der Waals surface area contributed by atoms with E-state index in [9.17, 15) is 14.4 Å². The number of amides is 3. The van der Waals surface area contributed by atoms with E-state index in [0.29, 0.717) is 11.3 Å². The Bertz CT molecular complexity index is 1700. The molecule has 2 unspecified atom stereocenters. The van der Waals surface area contributed by atoms with Crippen molar-refractivity contribution in [1.29, 1.82) is 0 Å². The Balaban J connectivity index is 1.29. The Morgan fingerprint density at radius 2 is 1.91 bits per heavy atom. The summed E-state index contributed by atoms with van der Waals surface area (Å²) in [6.07, 6.45) is -0.911. The number of halogens is 2. The number of likely N-dealkylation sites (tertiary alicyclic amines) is 1. The van der Waals surface area contributed by atoms with Crippen molar-refractivity contribution in [3.63, 3.8) is 0 Å². The maximum Gasteiger partial charge on any atom is 0.412 e. The largest absolute Gasteiger partial charge is 0.453 e. The van der Waals surface area contributed by atoms with Crippen molar-refractivity contribution in [2.24, 2.45) is 0 Å². The number of fused-ring (bicyclic) bond motifs is 2. The Morgan fingerprint density at radius 3 is 2.65 bits per heavy atom. The topological polar surface area (TPSA) is 136 Å². The molecular formula is C30H25ClFN5O6. The molecule has 3 amide bonds. The van der Waals surface area contributed by atoms with E-state index in [1.54, 1.807) is 24.3 Å². The number of methoxy groups -OCH3 is 1. The van der Waals surface area contributed by atoms with E-state index in [0.717, 1.165) is 5.56 Å². The minimum Gasteiger partial charge on any atom is -0.453 e. The fourth-order valence-corrected chi connectivity index (χ4v) is 5.59. The predicted octanol–water partition coefficient (Wildman–Crippen LogP) is 5.72. The quantitative estimate of drug-likeness (QED) is 0.285. The molecule has 13 heteroatoms. The van der Waals surface area contributed by atoms with E-state index in [1.165, 1.54) is 24.1 Å². The van der Waals surface area contributed by atoms with Gasteiger partial charge in [-0.1, -0.05) is 41.9 Å². The average molecular weight is 606 g/mol. The number of carbonyl (C=O) groups excluding carboxylic acids is 3. The molecule has 0 bridgehead atoms. The number of hydrogen-bond donors (Lipinski definition) is 2. The molecule has 2 aliphatic heterocycles. The van der Waals surface area contributed by atoms with Gasteiger partial charge in [0.25, 0.3) is 0 Å². The van der Waals surface area contributed by atoms with E-state index in [1.807, 2.05) is 30.3 Å². The molecule has 11 nitrogen and oxygen atoms in total. The monoisotopic (exact) mass is 605 g/mol. The van der Waals surface area contributed by atoms with Crippen LogP contribution in [0.15, 0.2) is 71.1 Å². The van der Waals surface area contributed by atoms with E-state index in [4.69, 9.17) is 20.8 Å². The van der Waals surface area contributed by atoms with Crippen molar-refractivity contribution in [1.82, 2.24) is 15.1 Å². The normalized spacial score (nSPS) is 18.0. The predicted molar refractivity (Wildman–Crippen MR) is 153 cm³/mol. The number of nitrogens with one attached hydrogen (secondary N) is 2. The van der Waals surface area contributed by atoms with Gasteiger partial charge in [0, 0.05) is 24.2 Å². The van der Waals surface area contributed by atoms with Crippen molar-refractivity contribution in [3.05, 3.63) is 94.6 Å². The molecule has 1 spiro atoms. The van der Waals surface area contributed by atoms with Gasteiger partial charge in [0.05, 0.1) is 29.9 Å². The lowest BCUT2D eigenvalue weighted by Crippen LogP contribution is -2.44. The SMILES string of the molecule is COC(=O)Nc1ccc(-c2nnc(C(Cc3ccccc3)C(=O)N3CCC4(C3)OC(=O)Nc3ccc(Cl)c(F)c34)o2)cc1. The summed E-state index contributed by atoms with van der Waals surface area (Å²) in [6, 6.07) is 18.9. The first-order valence-electron chi connectivity index (χ1n) is 13.4. The summed E-state index contributed by atoms with van der Waals surface area (Å²) in [5, 5.41) is 13.3. The van der Waals surface area contributed by atoms with Gasteiger partial charge in [-0.25, -0.2) is 14.0 Å². The van der Waals surface area contributed by atoms with Crippen molar-refractivity contribution in [2.75, 3.05) is 30.8 Å².